The maximum Gasteiger partial charge on any atom is 0.226 e. The van der Waals surface area contributed by atoms with Crippen molar-refractivity contribution in [3.8, 4) is 0 Å². The molecule has 0 aromatic carbocycles. The van der Waals surface area contributed by atoms with Crippen LogP contribution in [0.2, 0.25) is 0 Å². The molecule has 0 radical (unpaired) electrons. The first kappa shape index (κ1) is 14.3. The van der Waals surface area contributed by atoms with Crippen LogP contribution in [0.25, 0.3) is 0 Å². The molecule has 104 valence electrons. The molecule has 1 aliphatic rings. The number of nitrogens with zero attached hydrogens (tertiary/aromatic N) is 1. The standard InChI is InChI=1S/C15H22N2OS/c1-2-8-17(11-14-7-4-9-19-14)15(18)12-5-3-6-13(16)10-12/h2,4,7,9,12-13H,1,3,5-6,8,10-11,16H2. The van der Waals surface area contributed by atoms with Gasteiger partial charge < -0.3 is 10.6 Å². The van der Waals surface area contributed by atoms with E-state index in [9.17, 15) is 4.79 Å². The number of carbonyl (C=O) groups is 1. The van der Waals surface area contributed by atoms with E-state index in [2.05, 4.69) is 12.6 Å². The lowest BCUT2D eigenvalue weighted by atomic mass is 9.85. The third-order valence-corrected chi connectivity index (χ3v) is 4.51. The first-order valence-electron chi connectivity index (χ1n) is 6.88. The number of hydrogen-bond donors (Lipinski definition) is 1. The van der Waals surface area contributed by atoms with E-state index in [-0.39, 0.29) is 17.9 Å². The molecular weight excluding hydrogens is 256 g/mol. The minimum atomic E-state index is 0.101. The topological polar surface area (TPSA) is 46.3 Å². The Morgan fingerprint density at radius 3 is 3.05 bits per heavy atom. The quantitative estimate of drug-likeness (QED) is 0.842. The molecule has 1 heterocycles. The molecule has 1 fully saturated rings. The average Bonchev–Trinajstić information content (AvgIpc) is 2.90. The van der Waals surface area contributed by atoms with E-state index >= 15 is 0 Å². The van der Waals surface area contributed by atoms with Crippen molar-refractivity contribution in [3.05, 3.63) is 35.0 Å². The van der Waals surface area contributed by atoms with Crippen LogP contribution < -0.4 is 5.73 Å². The van der Waals surface area contributed by atoms with Crippen molar-refractivity contribution in [2.75, 3.05) is 6.54 Å². The predicted molar refractivity (Wildman–Crippen MR) is 79.9 cm³/mol. The molecule has 0 aliphatic heterocycles. The molecule has 1 aromatic heterocycles. The zero-order chi connectivity index (χ0) is 13.7. The van der Waals surface area contributed by atoms with Crippen molar-refractivity contribution in [1.82, 2.24) is 4.90 Å². The number of rotatable bonds is 5. The van der Waals surface area contributed by atoms with Gasteiger partial charge in [0.1, 0.15) is 0 Å². The lowest BCUT2D eigenvalue weighted by molar-refractivity contribution is -0.136. The fraction of sp³-hybridized carbons (Fsp3) is 0.533. The van der Waals surface area contributed by atoms with Gasteiger partial charge in [0.2, 0.25) is 5.91 Å². The van der Waals surface area contributed by atoms with Gasteiger partial charge in [-0.3, -0.25) is 4.79 Å². The normalized spacial score (nSPS) is 23.0. The largest absolute Gasteiger partial charge is 0.334 e. The number of nitrogens with two attached hydrogens (primary N) is 1. The number of carbonyl (C=O) groups excluding carboxylic acids is 1. The predicted octanol–water partition coefficient (Wildman–Crippen LogP) is 2.78. The molecule has 2 N–H and O–H groups in total. The van der Waals surface area contributed by atoms with E-state index in [0.717, 1.165) is 25.7 Å². The molecule has 0 saturated heterocycles. The summed E-state index contributed by atoms with van der Waals surface area (Å²) in [6.45, 7) is 5.06. The van der Waals surface area contributed by atoms with Crippen molar-refractivity contribution in [1.29, 1.82) is 0 Å². The van der Waals surface area contributed by atoms with Gasteiger partial charge in [-0.1, -0.05) is 18.6 Å². The minimum Gasteiger partial charge on any atom is -0.334 e. The van der Waals surface area contributed by atoms with Gasteiger partial charge in [-0.25, -0.2) is 0 Å². The van der Waals surface area contributed by atoms with Gasteiger partial charge >= 0.3 is 0 Å². The highest BCUT2D eigenvalue weighted by molar-refractivity contribution is 7.09. The highest BCUT2D eigenvalue weighted by Crippen LogP contribution is 2.26. The smallest absolute Gasteiger partial charge is 0.226 e. The van der Waals surface area contributed by atoms with Crippen LogP contribution in [0.3, 0.4) is 0 Å². The monoisotopic (exact) mass is 278 g/mol. The summed E-state index contributed by atoms with van der Waals surface area (Å²) in [5.74, 6) is 0.340. The number of thiophene rings is 1. The summed E-state index contributed by atoms with van der Waals surface area (Å²) < 4.78 is 0. The Balaban J connectivity index is 2.00. The van der Waals surface area contributed by atoms with E-state index in [1.165, 1.54) is 4.88 Å². The van der Waals surface area contributed by atoms with Gasteiger partial charge in [0, 0.05) is 23.4 Å². The second-order valence-electron chi connectivity index (χ2n) is 5.21. The zero-order valence-electron chi connectivity index (χ0n) is 11.3. The second-order valence-corrected chi connectivity index (χ2v) is 6.24. The first-order valence-corrected chi connectivity index (χ1v) is 7.76. The van der Waals surface area contributed by atoms with Crippen LogP contribution in [0, 0.1) is 5.92 Å². The maximum atomic E-state index is 12.6. The molecule has 0 bridgehead atoms. The van der Waals surface area contributed by atoms with Crippen LogP contribution in [-0.2, 0) is 11.3 Å². The fourth-order valence-electron chi connectivity index (χ4n) is 2.69. The fourth-order valence-corrected chi connectivity index (χ4v) is 3.41. The molecule has 1 amide bonds. The molecular formula is C15H22N2OS. The van der Waals surface area contributed by atoms with Crippen LogP contribution in [0.1, 0.15) is 30.6 Å². The van der Waals surface area contributed by atoms with Gasteiger partial charge in [0.25, 0.3) is 0 Å². The summed E-state index contributed by atoms with van der Waals surface area (Å²) in [6, 6.07) is 4.28. The third kappa shape index (κ3) is 3.91. The van der Waals surface area contributed by atoms with Crippen molar-refractivity contribution in [2.45, 2.75) is 38.3 Å². The van der Waals surface area contributed by atoms with Crippen molar-refractivity contribution in [3.63, 3.8) is 0 Å². The molecule has 1 aliphatic carbocycles. The Bertz CT molecular complexity index is 416. The second kappa shape index (κ2) is 6.87. The van der Waals surface area contributed by atoms with Crippen LogP contribution in [0.15, 0.2) is 30.2 Å². The highest BCUT2D eigenvalue weighted by atomic mass is 32.1. The molecule has 1 saturated carbocycles. The third-order valence-electron chi connectivity index (χ3n) is 3.65. The van der Waals surface area contributed by atoms with Crippen molar-refractivity contribution < 1.29 is 4.79 Å². The van der Waals surface area contributed by atoms with E-state index in [1.807, 2.05) is 16.3 Å². The van der Waals surface area contributed by atoms with Gasteiger partial charge in [0.15, 0.2) is 0 Å². The van der Waals surface area contributed by atoms with E-state index < -0.39 is 0 Å². The number of amides is 1. The lowest BCUT2D eigenvalue weighted by Crippen LogP contribution is -2.40. The SMILES string of the molecule is C=CCN(Cc1cccs1)C(=O)C1CCCC(N)C1. The summed E-state index contributed by atoms with van der Waals surface area (Å²) in [5, 5.41) is 2.04. The van der Waals surface area contributed by atoms with E-state index in [0.29, 0.717) is 13.1 Å². The van der Waals surface area contributed by atoms with Crippen molar-refractivity contribution >= 4 is 17.2 Å². The van der Waals surface area contributed by atoms with Gasteiger partial charge in [0.05, 0.1) is 6.54 Å². The number of hydrogen-bond acceptors (Lipinski definition) is 3. The molecule has 2 atom stereocenters. The molecule has 1 aromatic rings. The molecule has 4 heteroatoms. The van der Waals surface area contributed by atoms with Crippen LogP contribution in [-0.4, -0.2) is 23.4 Å². The Hall–Kier alpha value is -1.13. The first-order chi connectivity index (χ1) is 9.20. The summed E-state index contributed by atoms with van der Waals surface area (Å²) in [4.78, 5) is 15.7. The van der Waals surface area contributed by atoms with E-state index in [4.69, 9.17) is 5.73 Å². The average molecular weight is 278 g/mol. The lowest BCUT2D eigenvalue weighted by Gasteiger charge is -2.30. The Morgan fingerprint density at radius 1 is 1.58 bits per heavy atom. The Labute approximate surface area is 119 Å². The van der Waals surface area contributed by atoms with Gasteiger partial charge in [-0.05, 0) is 30.7 Å². The van der Waals surface area contributed by atoms with E-state index in [1.54, 1.807) is 17.4 Å². The molecule has 2 rings (SSSR count). The van der Waals surface area contributed by atoms with Gasteiger partial charge in [-0.2, -0.15) is 0 Å². The zero-order valence-corrected chi connectivity index (χ0v) is 12.1. The van der Waals surface area contributed by atoms with Crippen LogP contribution >= 0.6 is 11.3 Å². The molecule has 3 nitrogen and oxygen atoms in total. The summed E-state index contributed by atoms with van der Waals surface area (Å²) in [6.07, 6.45) is 5.73. The van der Waals surface area contributed by atoms with Gasteiger partial charge in [-0.15, -0.1) is 17.9 Å². The highest BCUT2D eigenvalue weighted by Gasteiger charge is 2.28. The summed E-state index contributed by atoms with van der Waals surface area (Å²) in [5.41, 5.74) is 5.98. The molecule has 19 heavy (non-hydrogen) atoms. The maximum absolute atomic E-state index is 12.6. The van der Waals surface area contributed by atoms with Crippen LogP contribution in [0.4, 0.5) is 0 Å². The van der Waals surface area contributed by atoms with Crippen molar-refractivity contribution in [2.24, 2.45) is 11.7 Å². The Morgan fingerprint density at radius 2 is 2.42 bits per heavy atom. The molecule has 2 unspecified atom stereocenters. The summed E-state index contributed by atoms with van der Waals surface area (Å²) in [7, 11) is 0. The van der Waals surface area contributed by atoms with Crippen LogP contribution in [0.5, 0.6) is 0 Å². The minimum absolute atomic E-state index is 0.101. The Kier molecular flexibility index (Phi) is 5.16. The molecule has 0 spiro atoms. The summed E-state index contributed by atoms with van der Waals surface area (Å²) >= 11 is 1.69.